The summed E-state index contributed by atoms with van der Waals surface area (Å²) in [6.45, 7) is 2.63. The molecule has 0 aromatic carbocycles. The third-order valence-corrected chi connectivity index (χ3v) is 2.18. The van der Waals surface area contributed by atoms with Gasteiger partial charge in [0.1, 0.15) is 10.8 Å². The Bertz CT molecular complexity index is 344. The number of rotatable bonds is 4. The summed E-state index contributed by atoms with van der Waals surface area (Å²) >= 11 is 5.68. The molecular weight excluding hydrogens is 216 g/mol. The molecule has 0 spiro atoms. The summed E-state index contributed by atoms with van der Waals surface area (Å²) < 4.78 is 0. The van der Waals surface area contributed by atoms with Crippen LogP contribution in [-0.4, -0.2) is 40.6 Å². The lowest BCUT2D eigenvalue weighted by molar-refractivity contribution is 0.0726. The van der Waals surface area contributed by atoms with Crippen molar-refractivity contribution in [2.45, 2.75) is 6.92 Å². The molecule has 4 nitrogen and oxygen atoms in total. The molecule has 1 heterocycles. The van der Waals surface area contributed by atoms with Crippen LogP contribution < -0.4 is 0 Å². The number of aliphatic hydroxyl groups excluding tert-OH is 1. The first kappa shape index (κ1) is 11.9. The number of aromatic nitrogens is 1. The van der Waals surface area contributed by atoms with Crippen LogP contribution in [0.2, 0.25) is 5.15 Å². The molecule has 82 valence electrons. The normalized spacial score (nSPS) is 10.1. The molecule has 5 heteroatoms. The van der Waals surface area contributed by atoms with Crippen LogP contribution in [0.4, 0.5) is 0 Å². The van der Waals surface area contributed by atoms with E-state index >= 15 is 0 Å². The van der Waals surface area contributed by atoms with Gasteiger partial charge in [-0.05, 0) is 19.1 Å². The number of aliphatic hydroxyl groups is 1. The van der Waals surface area contributed by atoms with Gasteiger partial charge in [0.15, 0.2) is 0 Å². The van der Waals surface area contributed by atoms with Crippen LogP contribution in [0.15, 0.2) is 18.2 Å². The van der Waals surface area contributed by atoms with E-state index in [2.05, 4.69) is 4.98 Å². The van der Waals surface area contributed by atoms with Gasteiger partial charge in [0, 0.05) is 13.1 Å². The first-order valence-corrected chi connectivity index (χ1v) is 5.09. The van der Waals surface area contributed by atoms with Crippen molar-refractivity contribution in [2.24, 2.45) is 0 Å². The van der Waals surface area contributed by atoms with Gasteiger partial charge in [-0.25, -0.2) is 4.98 Å². The predicted octanol–water partition coefficient (Wildman–Crippen LogP) is 1.19. The Labute approximate surface area is 93.5 Å². The summed E-state index contributed by atoms with van der Waals surface area (Å²) in [7, 11) is 0. The van der Waals surface area contributed by atoms with Crippen molar-refractivity contribution in [3.63, 3.8) is 0 Å². The number of hydrogen-bond donors (Lipinski definition) is 1. The van der Waals surface area contributed by atoms with Crippen LogP contribution in [0.25, 0.3) is 0 Å². The molecule has 0 fully saturated rings. The van der Waals surface area contributed by atoms with Crippen LogP contribution in [0.1, 0.15) is 17.4 Å². The highest BCUT2D eigenvalue weighted by Gasteiger charge is 2.14. The highest BCUT2D eigenvalue weighted by molar-refractivity contribution is 6.29. The summed E-state index contributed by atoms with van der Waals surface area (Å²) in [5.41, 5.74) is 0.304. The lowest BCUT2D eigenvalue weighted by atomic mass is 10.3. The van der Waals surface area contributed by atoms with Crippen molar-refractivity contribution in [3.8, 4) is 0 Å². The van der Waals surface area contributed by atoms with Crippen molar-refractivity contribution in [1.29, 1.82) is 0 Å². The van der Waals surface area contributed by atoms with E-state index in [9.17, 15) is 4.79 Å². The molecule has 1 N–H and O–H groups in total. The maximum Gasteiger partial charge on any atom is 0.272 e. The Morgan fingerprint density at radius 1 is 1.60 bits per heavy atom. The zero-order valence-corrected chi connectivity index (χ0v) is 9.24. The number of hydrogen-bond acceptors (Lipinski definition) is 3. The number of nitrogens with zero attached hydrogens (tertiary/aromatic N) is 2. The van der Waals surface area contributed by atoms with E-state index in [-0.39, 0.29) is 12.5 Å². The Hall–Kier alpha value is -1.13. The number of likely N-dealkylation sites (N-methyl/N-ethyl adjacent to an activating group) is 1. The van der Waals surface area contributed by atoms with E-state index < -0.39 is 0 Å². The first-order valence-electron chi connectivity index (χ1n) is 4.71. The van der Waals surface area contributed by atoms with E-state index in [1.165, 1.54) is 4.90 Å². The molecule has 0 saturated heterocycles. The standard InChI is InChI=1S/C10H13ClN2O2/c1-2-13(6-7-14)10(15)8-4-3-5-9(11)12-8/h3-5,14H,2,6-7H2,1H3. The van der Waals surface area contributed by atoms with Crippen LogP contribution in [0.3, 0.4) is 0 Å². The minimum atomic E-state index is -0.214. The highest BCUT2D eigenvalue weighted by atomic mass is 35.5. The van der Waals surface area contributed by atoms with Gasteiger partial charge in [-0.3, -0.25) is 4.79 Å². The third-order valence-electron chi connectivity index (χ3n) is 1.97. The van der Waals surface area contributed by atoms with Gasteiger partial charge < -0.3 is 10.0 Å². The molecule has 0 saturated carbocycles. The molecule has 1 rings (SSSR count). The fourth-order valence-corrected chi connectivity index (χ4v) is 1.38. The number of carbonyl (C=O) groups is 1. The van der Waals surface area contributed by atoms with Gasteiger partial charge >= 0.3 is 0 Å². The minimum Gasteiger partial charge on any atom is -0.395 e. The molecule has 0 bridgehead atoms. The predicted molar refractivity (Wildman–Crippen MR) is 57.9 cm³/mol. The Morgan fingerprint density at radius 3 is 2.87 bits per heavy atom. The average Bonchev–Trinajstić information content (AvgIpc) is 2.25. The smallest absolute Gasteiger partial charge is 0.272 e. The van der Waals surface area contributed by atoms with Crippen LogP contribution >= 0.6 is 11.6 Å². The summed E-state index contributed by atoms with van der Waals surface area (Å²) in [5, 5.41) is 9.07. The lowest BCUT2D eigenvalue weighted by Crippen LogP contribution is -2.33. The quantitative estimate of drug-likeness (QED) is 0.788. The van der Waals surface area contributed by atoms with E-state index in [0.717, 1.165) is 0 Å². The van der Waals surface area contributed by atoms with Gasteiger partial charge in [-0.1, -0.05) is 17.7 Å². The second-order valence-corrected chi connectivity index (χ2v) is 3.34. The number of pyridine rings is 1. The van der Waals surface area contributed by atoms with Crippen molar-refractivity contribution in [3.05, 3.63) is 29.0 Å². The monoisotopic (exact) mass is 228 g/mol. The molecule has 0 aliphatic rings. The van der Waals surface area contributed by atoms with Gasteiger partial charge in [-0.2, -0.15) is 0 Å². The fraction of sp³-hybridized carbons (Fsp3) is 0.400. The molecule has 1 aromatic heterocycles. The van der Waals surface area contributed by atoms with Crippen molar-refractivity contribution >= 4 is 17.5 Å². The molecule has 1 amide bonds. The largest absolute Gasteiger partial charge is 0.395 e. The second-order valence-electron chi connectivity index (χ2n) is 2.95. The topological polar surface area (TPSA) is 53.4 Å². The summed E-state index contributed by atoms with van der Waals surface area (Å²) in [4.78, 5) is 17.2. The second kappa shape index (κ2) is 5.68. The fourth-order valence-electron chi connectivity index (χ4n) is 1.21. The van der Waals surface area contributed by atoms with Gasteiger partial charge in [-0.15, -0.1) is 0 Å². The molecule has 0 radical (unpaired) electrons. The van der Waals surface area contributed by atoms with E-state index in [4.69, 9.17) is 16.7 Å². The molecule has 0 aliphatic carbocycles. The molecule has 15 heavy (non-hydrogen) atoms. The zero-order chi connectivity index (χ0) is 11.3. The van der Waals surface area contributed by atoms with Crippen LogP contribution in [0.5, 0.6) is 0 Å². The van der Waals surface area contributed by atoms with E-state index in [1.807, 2.05) is 6.92 Å². The summed E-state index contributed by atoms with van der Waals surface area (Å²) in [6, 6.07) is 4.89. The Kier molecular flexibility index (Phi) is 4.52. The SMILES string of the molecule is CCN(CCO)C(=O)c1cccc(Cl)n1. The number of carbonyl (C=O) groups excluding carboxylic acids is 1. The minimum absolute atomic E-state index is 0.0554. The summed E-state index contributed by atoms with van der Waals surface area (Å²) in [6.07, 6.45) is 0. The number of amides is 1. The average molecular weight is 229 g/mol. The van der Waals surface area contributed by atoms with Crippen molar-refractivity contribution < 1.29 is 9.90 Å². The molecule has 0 unspecified atom stereocenters. The molecule has 1 aromatic rings. The zero-order valence-electron chi connectivity index (χ0n) is 8.48. The molecule has 0 aliphatic heterocycles. The summed E-state index contributed by atoms with van der Waals surface area (Å²) in [5.74, 6) is -0.214. The third kappa shape index (κ3) is 3.18. The van der Waals surface area contributed by atoms with Crippen LogP contribution in [-0.2, 0) is 0 Å². The lowest BCUT2D eigenvalue weighted by Gasteiger charge is -2.18. The van der Waals surface area contributed by atoms with Gasteiger partial charge in [0.25, 0.3) is 5.91 Å². The van der Waals surface area contributed by atoms with Crippen molar-refractivity contribution in [1.82, 2.24) is 9.88 Å². The first-order chi connectivity index (χ1) is 7.19. The van der Waals surface area contributed by atoms with Gasteiger partial charge in [0.05, 0.1) is 6.61 Å². The molecular formula is C10H13ClN2O2. The highest BCUT2D eigenvalue weighted by Crippen LogP contribution is 2.07. The maximum absolute atomic E-state index is 11.8. The van der Waals surface area contributed by atoms with Crippen molar-refractivity contribution in [2.75, 3.05) is 19.7 Å². The maximum atomic E-state index is 11.8. The van der Waals surface area contributed by atoms with Crippen LogP contribution in [0, 0.1) is 0 Å². The van der Waals surface area contributed by atoms with E-state index in [0.29, 0.717) is 23.9 Å². The molecule has 0 atom stereocenters. The van der Waals surface area contributed by atoms with E-state index in [1.54, 1.807) is 18.2 Å². The Balaban J connectivity index is 2.82. The van der Waals surface area contributed by atoms with Gasteiger partial charge in [0.2, 0.25) is 0 Å². The number of halogens is 1. The Morgan fingerprint density at radius 2 is 2.33 bits per heavy atom.